The summed E-state index contributed by atoms with van der Waals surface area (Å²) in [5.41, 5.74) is 2.29. The highest BCUT2D eigenvalue weighted by Crippen LogP contribution is 2.21. The molecule has 5 nitrogen and oxygen atoms in total. The molecule has 0 saturated carbocycles. The molecule has 0 aliphatic carbocycles. The van der Waals surface area contributed by atoms with Crippen LogP contribution in [-0.4, -0.2) is 50.8 Å². The fraction of sp³-hybridized carbons (Fsp3) is 0.381. The quantitative estimate of drug-likeness (QED) is 0.365. The van der Waals surface area contributed by atoms with Gasteiger partial charge >= 0.3 is 0 Å². The SMILES string of the molecule is CN=C(NCc1ccccc1)NCC(c1ccc(F)cc1)N1CCOCC1.I. The molecule has 1 aliphatic heterocycles. The molecule has 1 unspecified atom stereocenters. The minimum atomic E-state index is -0.215. The van der Waals surface area contributed by atoms with Gasteiger partial charge in [-0.2, -0.15) is 0 Å². The first kappa shape index (κ1) is 22.6. The lowest BCUT2D eigenvalue weighted by molar-refractivity contribution is 0.0170. The first-order valence-corrected chi connectivity index (χ1v) is 9.32. The summed E-state index contributed by atoms with van der Waals surface area (Å²) in [4.78, 5) is 6.69. The van der Waals surface area contributed by atoms with Crippen LogP contribution in [0.25, 0.3) is 0 Å². The Morgan fingerprint density at radius 3 is 2.39 bits per heavy atom. The lowest BCUT2D eigenvalue weighted by Crippen LogP contribution is -2.46. The van der Waals surface area contributed by atoms with E-state index in [9.17, 15) is 4.39 Å². The Hall–Kier alpha value is -1.71. The van der Waals surface area contributed by atoms with Crippen LogP contribution in [0, 0.1) is 5.82 Å². The zero-order valence-corrected chi connectivity index (χ0v) is 18.4. The fourth-order valence-corrected chi connectivity index (χ4v) is 3.23. The Morgan fingerprint density at radius 2 is 1.75 bits per heavy atom. The van der Waals surface area contributed by atoms with Gasteiger partial charge in [-0.25, -0.2) is 4.39 Å². The van der Waals surface area contributed by atoms with Crippen LogP contribution in [-0.2, 0) is 11.3 Å². The van der Waals surface area contributed by atoms with E-state index in [0.717, 1.165) is 37.8 Å². The molecule has 2 aromatic carbocycles. The van der Waals surface area contributed by atoms with E-state index >= 15 is 0 Å². The molecular weight excluding hydrogens is 470 g/mol. The van der Waals surface area contributed by atoms with Gasteiger partial charge in [-0.1, -0.05) is 42.5 Å². The van der Waals surface area contributed by atoms with Crippen molar-refractivity contribution < 1.29 is 9.13 Å². The van der Waals surface area contributed by atoms with Gasteiger partial charge < -0.3 is 15.4 Å². The summed E-state index contributed by atoms with van der Waals surface area (Å²) in [6, 6.07) is 17.1. The fourth-order valence-electron chi connectivity index (χ4n) is 3.23. The van der Waals surface area contributed by atoms with E-state index in [2.05, 4.69) is 32.7 Å². The zero-order chi connectivity index (χ0) is 18.9. The van der Waals surface area contributed by atoms with Crippen LogP contribution in [0.5, 0.6) is 0 Å². The Morgan fingerprint density at radius 1 is 1.07 bits per heavy atom. The minimum absolute atomic E-state index is 0. The van der Waals surface area contributed by atoms with Gasteiger partial charge in [0, 0.05) is 33.2 Å². The number of nitrogens with one attached hydrogen (secondary N) is 2. The molecule has 0 radical (unpaired) electrons. The van der Waals surface area contributed by atoms with Crippen LogP contribution in [0.4, 0.5) is 4.39 Å². The molecule has 0 bridgehead atoms. The van der Waals surface area contributed by atoms with Crippen LogP contribution >= 0.6 is 24.0 Å². The van der Waals surface area contributed by atoms with E-state index in [1.807, 2.05) is 30.3 Å². The highest BCUT2D eigenvalue weighted by atomic mass is 127. The van der Waals surface area contributed by atoms with E-state index < -0.39 is 0 Å². The third kappa shape index (κ3) is 6.72. The first-order chi connectivity index (χ1) is 13.3. The molecule has 0 aromatic heterocycles. The number of morpholine rings is 1. The monoisotopic (exact) mass is 498 g/mol. The van der Waals surface area contributed by atoms with Crippen molar-refractivity contribution in [2.75, 3.05) is 39.9 Å². The summed E-state index contributed by atoms with van der Waals surface area (Å²) >= 11 is 0. The number of hydrogen-bond acceptors (Lipinski definition) is 3. The molecular formula is C21H28FIN4O. The molecule has 0 spiro atoms. The molecule has 1 aliphatic rings. The highest BCUT2D eigenvalue weighted by Gasteiger charge is 2.23. The number of hydrogen-bond donors (Lipinski definition) is 2. The molecule has 7 heteroatoms. The van der Waals surface area contributed by atoms with E-state index in [-0.39, 0.29) is 35.8 Å². The largest absolute Gasteiger partial charge is 0.379 e. The summed E-state index contributed by atoms with van der Waals surface area (Å²) < 4.78 is 18.8. The van der Waals surface area contributed by atoms with E-state index in [1.54, 1.807) is 7.05 Å². The van der Waals surface area contributed by atoms with Gasteiger partial charge in [0.1, 0.15) is 5.82 Å². The molecule has 1 saturated heterocycles. The Bertz CT molecular complexity index is 721. The van der Waals surface area contributed by atoms with Crippen LogP contribution in [0.15, 0.2) is 59.6 Å². The van der Waals surface area contributed by atoms with E-state index in [1.165, 1.54) is 17.7 Å². The maximum Gasteiger partial charge on any atom is 0.191 e. The second-order valence-electron chi connectivity index (χ2n) is 6.51. The van der Waals surface area contributed by atoms with Crippen molar-refractivity contribution in [3.05, 3.63) is 71.5 Å². The maximum absolute atomic E-state index is 13.3. The van der Waals surface area contributed by atoms with Crippen molar-refractivity contribution in [2.24, 2.45) is 4.99 Å². The van der Waals surface area contributed by atoms with Crippen LogP contribution in [0.2, 0.25) is 0 Å². The smallest absolute Gasteiger partial charge is 0.191 e. The summed E-state index contributed by atoms with van der Waals surface area (Å²) in [5.74, 6) is 0.534. The van der Waals surface area contributed by atoms with Gasteiger partial charge in [-0.15, -0.1) is 24.0 Å². The van der Waals surface area contributed by atoms with E-state index in [0.29, 0.717) is 13.1 Å². The second kappa shape index (κ2) is 12.0. The van der Waals surface area contributed by atoms with Gasteiger partial charge in [-0.3, -0.25) is 9.89 Å². The molecule has 152 valence electrons. The van der Waals surface area contributed by atoms with E-state index in [4.69, 9.17) is 4.74 Å². The van der Waals surface area contributed by atoms with Crippen LogP contribution < -0.4 is 10.6 Å². The average Bonchev–Trinajstić information content (AvgIpc) is 2.73. The normalized spacial score (nSPS) is 16.1. The van der Waals surface area contributed by atoms with Gasteiger partial charge in [0.25, 0.3) is 0 Å². The third-order valence-corrected chi connectivity index (χ3v) is 4.73. The molecule has 1 heterocycles. The van der Waals surface area contributed by atoms with Gasteiger partial charge in [-0.05, 0) is 23.3 Å². The number of rotatable bonds is 6. The Balaban J connectivity index is 0.00000280. The van der Waals surface area contributed by atoms with Crippen molar-refractivity contribution in [1.82, 2.24) is 15.5 Å². The number of guanidine groups is 1. The lowest BCUT2D eigenvalue weighted by Gasteiger charge is -2.35. The molecule has 2 N–H and O–H groups in total. The molecule has 28 heavy (non-hydrogen) atoms. The predicted molar refractivity (Wildman–Crippen MR) is 122 cm³/mol. The standard InChI is InChI=1S/C21H27FN4O.HI/c1-23-21(24-15-17-5-3-2-4-6-17)25-16-20(26-11-13-27-14-12-26)18-7-9-19(22)10-8-18;/h2-10,20H,11-16H2,1H3,(H2,23,24,25);1H. The molecule has 1 atom stereocenters. The molecule has 2 aromatic rings. The van der Waals surface area contributed by atoms with Crippen molar-refractivity contribution in [3.63, 3.8) is 0 Å². The Kier molecular flexibility index (Phi) is 9.66. The number of aliphatic imine (C=N–C) groups is 1. The summed E-state index contributed by atoms with van der Waals surface area (Å²) in [6.45, 7) is 4.55. The topological polar surface area (TPSA) is 48.9 Å². The van der Waals surface area contributed by atoms with Crippen molar-refractivity contribution >= 4 is 29.9 Å². The molecule has 0 amide bonds. The average molecular weight is 498 g/mol. The number of benzene rings is 2. The maximum atomic E-state index is 13.3. The molecule has 3 rings (SSSR count). The second-order valence-corrected chi connectivity index (χ2v) is 6.51. The minimum Gasteiger partial charge on any atom is -0.379 e. The van der Waals surface area contributed by atoms with Gasteiger partial charge in [0.05, 0.1) is 19.3 Å². The summed E-state index contributed by atoms with van der Waals surface area (Å²) in [6.07, 6.45) is 0. The van der Waals surface area contributed by atoms with Crippen LogP contribution in [0.1, 0.15) is 17.2 Å². The number of nitrogens with zero attached hydrogens (tertiary/aromatic N) is 2. The first-order valence-electron chi connectivity index (χ1n) is 9.32. The molecule has 1 fully saturated rings. The van der Waals surface area contributed by atoms with Crippen molar-refractivity contribution in [3.8, 4) is 0 Å². The Labute approximate surface area is 183 Å². The zero-order valence-electron chi connectivity index (χ0n) is 16.1. The van der Waals surface area contributed by atoms with Crippen LogP contribution in [0.3, 0.4) is 0 Å². The highest BCUT2D eigenvalue weighted by molar-refractivity contribution is 14.0. The summed E-state index contributed by atoms with van der Waals surface area (Å²) in [7, 11) is 1.77. The number of halogens is 2. The lowest BCUT2D eigenvalue weighted by atomic mass is 10.0. The number of ether oxygens (including phenoxy) is 1. The third-order valence-electron chi connectivity index (χ3n) is 4.73. The van der Waals surface area contributed by atoms with Gasteiger partial charge in [0.2, 0.25) is 0 Å². The summed E-state index contributed by atoms with van der Waals surface area (Å²) in [5, 5.41) is 6.75. The predicted octanol–water partition coefficient (Wildman–Crippen LogP) is 3.18. The van der Waals surface area contributed by atoms with Crippen molar-refractivity contribution in [1.29, 1.82) is 0 Å². The van der Waals surface area contributed by atoms with Gasteiger partial charge in [0.15, 0.2) is 5.96 Å². The van der Waals surface area contributed by atoms with Crippen molar-refractivity contribution in [2.45, 2.75) is 12.6 Å².